The van der Waals surface area contributed by atoms with Crippen LogP contribution in [0.1, 0.15) is 16.6 Å². The summed E-state index contributed by atoms with van der Waals surface area (Å²) in [6.07, 6.45) is 1.16. The monoisotopic (exact) mass is 292 g/mol. The van der Waals surface area contributed by atoms with Crippen LogP contribution in [-0.4, -0.2) is 39.9 Å². The molecular formula is C10H16N2O4S2. The predicted molar refractivity (Wildman–Crippen MR) is 73.5 cm³/mol. The Bertz CT molecular complexity index is 548. The van der Waals surface area contributed by atoms with E-state index in [9.17, 15) is 13.2 Å². The van der Waals surface area contributed by atoms with Crippen molar-refractivity contribution in [2.75, 3.05) is 36.7 Å². The van der Waals surface area contributed by atoms with E-state index in [2.05, 4.69) is 5.32 Å². The molecule has 0 saturated carbocycles. The molecule has 0 bridgehead atoms. The van der Waals surface area contributed by atoms with Crippen molar-refractivity contribution in [2.45, 2.75) is 6.92 Å². The van der Waals surface area contributed by atoms with E-state index in [0.29, 0.717) is 15.6 Å². The number of carbonyl (C=O) groups is 1. The summed E-state index contributed by atoms with van der Waals surface area (Å²) >= 11 is 1.16. The molecule has 0 spiro atoms. The largest absolute Gasteiger partial charge is 0.492 e. The van der Waals surface area contributed by atoms with Gasteiger partial charge < -0.3 is 15.8 Å². The van der Waals surface area contributed by atoms with Gasteiger partial charge in [-0.15, -0.1) is 11.3 Å². The third kappa shape index (κ3) is 3.61. The maximum atomic E-state index is 11.3. The van der Waals surface area contributed by atoms with Gasteiger partial charge in [-0.1, -0.05) is 0 Å². The third-order valence-corrected chi connectivity index (χ3v) is 4.37. The minimum Gasteiger partial charge on any atom is -0.492 e. The van der Waals surface area contributed by atoms with Gasteiger partial charge in [0.15, 0.2) is 11.5 Å². The number of anilines is 2. The van der Waals surface area contributed by atoms with E-state index in [1.165, 1.54) is 14.0 Å². The molecule has 6 nitrogen and oxygen atoms in total. The lowest BCUT2D eigenvalue weighted by molar-refractivity contribution is 0.102. The third-order valence-electron chi connectivity index (χ3n) is 2.18. The van der Waals surface area contributed by atoms with Gasteiger partial charge in [0.1, 0.15) is 14.8 Å². The summed E-state index contributed by atoms with van der Waals surface area (Å²) in [4.78, 5) is 11.7. The number of sulfone groups is 1. The van der Waals surface area contributed by atoms with Crippen LogP contribution in [0.4, 0.5) is 10.7 Å². The standard InChI is InChI=1S/C10H16N2O4S2/c1-6(13)9-7(11)8(16-2)10(17-9)12-4-5-18(3,14)15/h12H,4-5,11H2,1-3H3. The van der Waals surface area contributed by atoms with Crippen LogP contribution in [0.2, 0.25) is 0 Å². The van der Waals surface area contributed by atoms with Crippen LogP contribution in [0, 0.1) is 0 Å². The van der Waals surface area contributed by atoms with Gasteiger partial charge in [-0.25, -0.2) is 8.42 Å². The lowest BCUT2D eigenvalue weighted by atomic mass is 10.3. The number of hydrogen-bond acceptors (Lipinski definition) is 7. The fourth-order valence-corrected chi connectivity index (χ4v) is 2.84. The number of nitrogens with two attached hydrogens (primary N) is 1. The van der Waals surface area contributed by atoms with E-state index < -0.39 is 9.84 Å². The second kappa shape index (κ2) is 5.57. The molecule has 0 fully saturated rings. The summed E-state index contributed by atoms with van der Waals surface area (Å²) in [5.41, 5.74) is 6.07. The van der Waals surface area contributed by atoms with Gasteiger partial charge in [0.05, 0.1) is 23.4 Å². The molecule has 102 valence electrons. The first-order valence-electron chi connectivity index (χ1n) is 5.15. The Kier molecular flexibility index (Phi) is 4.58. The highest BCUT2D eigenvalue weighted by molar-refractivity contribution is 7.90. The molecule has 0 aromatic carbocycles. The van der Waals surface area contributed by atoms with Crippen molar-refractivity contribution in [3.63, 3.8) is 0 Å². The molecule has 0 saturated heterocycles. The normalized spacial score (nSPS) is 11.3. The Balaban J connectivity index is 2.89. The maximum absolute atomic E-state index is 11.3. The van der Waals surface area contributed by atoms with Crippen LogP contribution in [-0.2, 0) is 9.84 Å². The van der Waals surface area contributed by atoms with Crippen LogP contribution in [0.5, 0.6) is 5.75 Å². The van der Waals surface area contributed by atoms with Crippen LogP contribution in [0.3, 0.4) is 0 Å². The highest BCUT2D eigenvalue weighted by atomic mass is 32.2. The van der Waals surface area contributed by atoms with Crippen LogP contribution < -0.4 is 15.8 Å². The number of ether oxygens (including phenoxy) is 1. The maximum Gasteiger partial charge on any atom is 0.176 e. The number of nitrogen functional groups attached to an aromatic ring is 1. The van der Waals surface area contributed by atoms with Crippen molar-refractivity contribution >= 4 is 37.6 Å². The topological polar surface area (TPSA) is 98.5 Å². The fourth-order valence-electron chi connectivity index (χ4n) is 1.36. The van der Waals surface area contributed by atoms with Crippen molar-refractivity contribution in [1.29, 1.82) is 0 Å². The van der Waals surface area contributed by atoms with Crippen LogP contribution in [0.15, 0.2) is 0 Å². The molecule has 18 heavy (non-hydrogen) atoms. The van der Waals surface area contributed by atoms with Crippen molar-refractivity contribution in [2.24, 2.45) is 0 Å². The molecule has 0 aliphatic heterocycles. The summed E-state index contributed by atoms with van der Waals surface area (Å²) in [6.45, 7) is 1.66. The minimum absolute atomic E-state index is 0.00334. The number of methoxy groups -OCH3 is 1. The van der Waals surface area contributed by atoms with E-state index in [0.717, 1.165) is 17.6 Å². The molecule has 0 atom stereocenters. The zero-order valence-electron chi connectivity index (χ0n) is 10.4. The lowest BCUT2D eigenvalue weighted by Crippen LogP contribution is -2.13. The molecule has 8 heteroatoms. The summed E-state index contributed by atoms with van der Waals surface area (Å²) in [6, 6.07) is 0. The number of hydrogen-bond donors (Lipinski definition) is 2. The molecular weight excluding hydrogens is 276 g/mol. The second-order valence-electron chi connectivity index (χ2n) is 3.82. The molecule has 3 N–H and O–H groups in total. The van der Waals surface area contributed by atoms with E-state index in [4.69, 9.17) is 10.5 Å². The molecule has 1 aromatic heterocycles. The molecule has 0 amide bonds. The van der Waals surface area contributed by atoms with Gasteiger partial charge in [0, 0.05) is 19.7 Å². The number of rotatable bonds is 6. The van der Waals surface area contributed by atoms with Crippen molar-refractivity contribution in [3.05, 3.63) is 4.88 Å². The Morgan fingerprint density at radius 1 is 1.50 bits per heavy atom. The summed E-state index contributed by atoms with van der Waals surface area (Å²) < 4.78 is 27.1. The first-order valence-corrected chi connectivity index (χ1v) is 8.02. The smallest absolute Gasteiger partial charge is 0.176 e. The zero-order valence-corrected chi connectivity index (χ0v) is 12.1. The molecule has 1 rings (SSSR count). The lowest BCUT2D eigenvalue weighted by Gasteiger charge is -2.05. The van der Waals surface area contributed by atoms with Gasteiger partial charge in [0.2, 0.25) is 0 Å². The number of carbonyl (C=O) groups excluding carboxylic acids is 1. The van der Waals surface area contributed by atoms with Crippen molar-refractivity contribution < 1.29 is 17.9 Å². The molecule has 0 unspecified atom stereocenters. The highest BCUT2D eigenvalue weighted by Gasteiger charge is 2.19. The van der Waals surface area contributed by atoms with E-state index in [1.54, 1.807) is 0 Å². The van der Waals surface area contributed by atoms with Crippen molar-refractivity contribution in [3.8, 4) is 5.75 Å². The van der Waals surface area contributed by atoms with Gasteiger partial charge in [-0.05, 0) is 0 Å². The summed E-state index contributed by atoms with van der Waals surface area (Å²) in [5, 5.41) is 3.49. The van der Waals surface area contributed by atoms with Crippen LogP contribution >= 0.6 is 11.3 Å². The number of Topliss-reactive ketones (excluding diaryl/α,β-unsaturated/α-hetero) is 1. The van der Waals surface area contributed by atoms with Crippen LogP contribution in [0.25, 0.3) is 0 Å². The number of thiophene rings is 1. The van der Waals surface area contributed by atoms with Gasteiger partial charge in [-0.2, -0.15) is 0 Å². The van der Waals surface area contributed by atoms with E-state index in [1.807, 2.05) is 0 Å². The molecule has 0 radical (unpaired) electrons. The Labute approximate surface area is 110 Å². The number of nitrogens with one attached hydrogen (secondary N) is 1. The Morgan fingerprint density at radius 2 is 2.11 bits per heavy atom. The summed E-state index contributed by atoms with van der Waals surface area (Å²) in [7, 11) is -1.58. The van der Waals surface area contributed by atoms with E-state index >= 15 is 0 Å². The zero-order chi connectivity index (χ0) is 13.9. The first-order chi connectivity index (χ1) is 8.26. The molecule has 1 aromatic rings. The first kappa shape index (κ1) is 14.8. The highest BCUT2D eigenvalue weighted by Crippen LogP contribution is 2.42. The van der Waals surface area contributed by atoms with E-state index in [-0.39, 0.29) is 23.8 Å². The average molecular weight is 292 g/mol. The molecule has 0 aliphatic carbocycles. The SMILES string of the molecule is COc1c(NCCS(C)(=O)=O)sc(C(C)=O)c1N. The number of ketones is 1. The quantitative estimate of drug-likeness (QED) is 0.759. The van der Waals surface area contributed by atoms with Crippen molar-refractivity contribution in [1.82, 2.24) is 0 Å². The molecule has 0 aliphatic rings. The fraction of sp³-hybridized carbons (Fsp3) is 0.500. The minimum atomic E-state index is -3.03. The summed E-state index contributed by atoms with van der Waals surface area (Å²) in [5.74, 6) is 0.245. The Hall–Kier alpha value is -1.28. The second-order valence-corrected chi connectivity index (χ2v) is 7.10. The molecule has 1 heterocycles. The predicted octanol–water partition coefficient (Wildman–Crippen LogP) is 0.998. The van der Waals surface area contributed by atoms with Gasteiger partial charge in [-0.3, -0.25) is 4.79 Å². The van der Waals surface area contributed by atoms with Gasteiger partial charge in [0.25, 0.3) is 0 Å². The van der Waals surface area contributed by atoms with Gasteiger partial charge >= 0.3 is 0 Å². The average Bonchev–Trinajstić information content (AvgIpc) is 2.53. The Morgan fingerprint density at radius 3 is 2.56 bits per heavy atom.